The fraction of sp³-hybridized carbons (Fsp3) is 0.286. The van der Waals surface area contributed by atoms with Crippen LogP contribution in [0.3, 0.4) is 0 Å². The summed E-state index contributed by atoms with van der Waals surface area (Å²) in [5.74, 6) is 0.514. The lowest BCUT2D eigenvalue weighted by Crippen LogP contribution is -2.27. The van der Waals surface area contributed by atoms with Gasteiger partial charge in [-0.25, -0.2) is 13.1 Å². The van der Waals surface area contributed by atoms with Gasteiger partial charge in [-0.1, -0.05) is 11.6 Å². The lowest BCUT2D eigenvalue weighted by Gasteiger charge is -2.15. The molecule has 2 aromatic rings. The maximum atomic E-state index is 12.5. The van der Waals surface area contributed by atoms with Crippen molar-refractivity contribution in [1.82, 2.24) is 4.72 Å². The molecule has 1 aromatic carbocycles. The van der Waals surface area contributed by atoms with Gasteiger partial charge in [0.25, 0.3) is 0 Å². The van der Waals surface area contributed by atoms with Crippen molar-refractivity contribution < 1.29 is 17.9 Å². The Balaban J connectivity index is 2.38. The lowest BCUT2D eigenvalue weighted by molar-refractivity contribution is 0.280. The van der Waals surface area contributed by atoms with Crippen LogP contribution in [0, 0.1) is 6.92 Å². The second-order valence-electron chi connectivity index (χ2n) is 4.70. The first-order chi connectivity index (χ1) is 9.85. The quantitative estimate of drug-likeness (QED) is 0.884. The number of hydrogen-bond donors (Lipinski definition) is 2. The molecule has 5 nitrogen and oxygen atoms in total. The SMILES string of the molecule is Cc1c(CO)cc(Cl)cc1S(=O)(=O)NC(C)c1ccco1. The average molecular weight is 330 g/mol. The monoisotopic (exact) mass is 329 g/mol. The van der Waals surface area contributed by atoms with E-state index in [1.165, 1.54) is 12.3 Å². The molecule has 1 unspecified atom stereocenters. The Kier molecular flexibility index (Phi) is 4.73. The van der Waals surface area contributed by atoms with Crippen LogP contribution in [0.1, 0.15) is 29.9 Å². The minimum atomic E-state index is -3.78. The summed E-state index contributed by atoms with van der Waals surface area (Å²) in [7, 11) is -3.78. The zero-order chi connectivity index (χ0) is 15.6. The zero-order valence-electron chi connectivity index (χ0n) is 11.6. The fourth-order valence-corrected chi connectivity index (χ4v) is 3.87. The molecular formula is C14H16ClNO4S. The number of rotatable bonds is 5. The van der Waals surface area contributed by atoms with Crippen LogP contribution in [0.15, 0.2) is 39.8 Å². The van der Waals surface area contributed by atoms with E-state index in [-0.39, 0.29) is 16.5 Å². The Hall–Kier alpha value is -1.34. The molecule has 0 aliphatic heterocycles. The van der Waals surface area contributed by atoms with Gasteiger partial charge in [0.2, 0.25) is 10.0 Å². The highest BCUT2D eigenvalue weighted by atomic mass is 35.5. The summed E-state index contributed by atoms with van der Waals surface area (Å²) in [6.45, 7) is 3.04. The minimum absolute atomic E-state index is 0.0532. The van der Waals surface area contributed by atoms with Crippen LogP contribution in [0.2, 0.25) is 5.02 Å². The largest absolute Gasteiger partial charge is 0.468 e. The van der Waals surface area contributed by atoms with Crippen molar-refractivity contribution >= 4 is 21.6 Å². The molecule has 1 atom stereocenters. The maximum Gasteiger partial charge on any atom is 0.241 e. The maximum absolute atomic E-state index is 12.5. The van der Waals surface area contributed by atoms with E-state index in [1.807, 2.05) is 0 Å². The van der Waals surface area contributed by atoms with Gasteiger partial charge in [0.05, 0.1) is 23.8 Å². The van der Waals surface area contributed by atoms with Crippen molar-refractivity contribution in [1.29, 1.82) is 0 Å². The molecule has 7 heteroatoms. The molecular weight excluding hydrogens is 314 g/mol. The van der Waals surface area contributed by atoms with Crippen molar-refractivity contribution in [3.05, 3.63) is 52.4 Å². The van der Waals surface area contributed by atoms with E-state index in [9.17, 15) is 13.5 Å². The van der Waals surface area contributed by atoms with Crippen LogP contribution in [-0.2, 0) is 16.6 Å². The molecule has 114 valence electrons. The number of furan rings is 1. The third kappa shape index (κ3) is 3.47. The standard InChI is InChI=1S/C14H16ClNO4S/c1-9-11(8-17)6-12(15)7-14(9)21(18,19)16-10(2)13-4-3-5-20-13/h3-7,10,16-17H,8H2,1-2H3. The number of sulfonamides is 1. The summed E-state index contributed by atoms with van der Waals surface area (Å²) in [4.78, 5) is 0.0532. The fourth-order valence-electron chi connectivity index (χ4n) is 2.04. The highest BCUT2D eigenvalue weighted by molar-refractivity contribution is 7.89. The van der Waals surface area contributed by atoms with Gasteiger partial charge in [-0.3, -0.25) is 0 Å². The summed E-state index contributed by atoms with van der Waals surface area (Å²) in [6, 6.07) is 5.78. The summed E-state index contributed by atoms with van der Waals surface area (Å²) < 4.78 is 32.7. The predicted octanol–water partition coefficient (Wildman–Crippen LogP) is 2.77. The molecule has 2 N–H and O–H groups in total. The number of aliphatic hydroxyl groups excluding tert-OH is 1. The first-order valence-corrected chi connectivity index (χ1v) is 8.17. The molecule has 0 amide bonds. The zero-order valence-corrected chi connectivity index (χ0v) is 13.2. The van der Waals surface area contributed by atoms with E-state index in [2.05, 4.69) is 4.72 Å². The second-order valence-corrected chi connectivity index (χ2v) is 6.82. The van der Waals surface area contributed by atoms with E-state index in [4.69, 9.17) is 16.0 Å². The first-order valence-electron chi connectivity index (χ1n) is 6.30. The summed E-state index contributed by atoms with van der Waals surface area (Å²) >= 11 is 5.92. The van der Waals surface area contributed by atoms with Crippen LogP contribution in [0.25, 0.3) is 0 Å². The molecule has 0 saturated heterocycles. The minimum Gasteiger partial charge on any atom is -0.468 e. The lowest BCUT2D eigenvalue weighted by atomic mass is 10.1. The van der Waals surface area contributed by atoms with Gasteiger partial charge in [0, 0.05) is 5.02 Å². The molecule has 1 heterocycles. The van der Waals surface area contributed by atoms with Gasteiger partial charge in [-0.05, 0) is 49.2 Å². The van der Waals surface area contributed by atoms with Crippen LogP contribution in [0.5, 0.6) is 0 Å². The van der Waals surface area contributed by atoms with Gasteiger partial charge >= 0.3 is 0 Å². The third-order valence-electron chi connectivity index (χ3n) is 3.19. The number of halogens is 1. The highest BCUT2D eigenvalue weighted by Crippen LogP contribution is 2.26. The van der Waals surface area contributed by atoms with Gasteiger partial charge in [-0.2, -0.15) is 0 Å². The van der Waals surface area contributed by atoms with Crippen LogP contribution in [0.4, 0.5) is 0 Å². The number of aliphatic hydroxyl groups is 1. The van der Waals surface area contributed by atoms with Gasteiger partial charge in [0.1, 0.15) is 5.76 Å². The molecule has 2 rings (SSSR count). The van der Waals surface area contributed by atoms with E-state index < -0.39 is 16.1 Å². The van der Waals surface area contributed by atoms with Gasteiger partial charge in [0.15, 0.2) is 0 Å². The average Bonchev–Trinajstić information content (AvgIpc) is 2.94. The topological polar surface area (TPSA) is 79.5 Å². The predicted molar refractivity (Wildman–Crippen MR) is 79.6 cm³/mol. The molecule has 0 spiro atoms. The second kappa shape index (κ2) is 6.19. The molecule has 0 fully saturated rings. The highest BCUT2D eigenvalue weighted by Gasteiger charge is 2.23. The Bertz CT molecular complexity index is 726. The normalized spacial score (nSPS) is 13.3. The summed E-state index contributed by atoms with van der Waals surface area (Å²) in [5, 5.41) is 9.54. The molecule has 21 heavy (non-hydrogen) atoms. The van der Waals surface area contributed by atoms with Crippen molar-refractivity contribution in [3.8, 4) is 0 Å². The van der Waals surface area contributed by atoms with Gasteiger partial charge < -0.3 is 9.52 Å². The van der Waals surface area contributed by atoms with E-state index in [1.54, 1.807) is 32.0 Å². The Labute approximate surface area is 128 Å². The number of benzene rings is 1. The van der Waals surface area contributed by atoms with Crippen molar-refractivity contribution in [2.75, 3.05) is 0 Å². The van der Waals surface area contributed by atoms with Crippen molar-refractivity contribution in [3.63, 3.8) is 0 Å². The summed E-state index contributed by atoms with van der Waals surface area (Å²) in [6.07, 6.45) is 1.48. The Morgan fingerprint density at radius 2 is 2.14 bits per heavy atom. The van der Waals surface area contributed by atoms with Crippen molar-refractivity contribution in [2.24, 2.45) is 0 Å². The Morgan fingerprint density at radius 1 is 1.43 bits per heavy atom. The van der Waals surface area contributed by atoms with Crippen molar-refractivity contribution in [2.45, 2.75) is 31.4 Å². The van der Waals surface area contributed by atoms with E-state index >= 15 is 0 Å². The Morgan fingerprint density at radius 3 is 2.71 bits per heavy atom. The molecule has 0 saturated carbocycles. The smallest absolute Gasteiger partial charge is 0.241 e. The first kappa shape index (κ1) is 16.0. The molecule has 0 aliphatic rings. The number of nitrogens with one attached hydrogen (secondary N) is 1. The molecule has 1 aromatic heterocycles. The molecule has 0 bridgehead atoms. The number of hydrogen-bond acceptors (Lipinski definition) is 4. The van der Waals surface area contributed by atoms with Crippen LogP contribution < -0.4 is 4.72 Å². The van der Waals surface area contributed by atoms with Crippen LogP contribution >= 0.6 is 11.6 Å². The molecule has 0 aliphatic carbocycles. The van der Waals surface area contributed by atoms with Crippen LogP contribution in [-0.4, -0.2) is 13.5 Å². The van der Waals surface area contributed by atoms with E-state index in [0.29, 0.717) is 16.9 Å². The van der Waals surface area contributed by atoms with Gasteiger partial charge in [-0.15, -0.1) is 0 Å². The summed E-state index contributed by atoms with van der Waals surface area (Å²) in [5.41, 5.74) is 0.953. The van der Waals surface area contributed by atoms with E-state index in [0.717, 1.165) is 0 Å². The third-order valence-corrected chi connectivity index (χ3v) is 5.08. The molecule has 0 radical (unpaired) electrons.